The highest BCUT2D eigenvalue weighted by Crippen LogP contribution is 2.18. The summed E-state index contributed by atoms with van der Waals surface area (Å²) in [6.45, 7) is 26.5. The van der Waals surface area contributed by atoms with Gasteiger partial charge in [-0.05, 0) is 177 Å². The van der Waals surface area contributed by atoms with Gasteiger partial charge < -0.3 is 53.3 Å². The molecule has 5 N–H and O–H groups in total. The Morgan fingerprint density at radius 2 is 0.550 bits per heavy atom. The fourth-order valence-electron chi connectivity index (χ4n) is 11.6. The van der Waals surface area contributed by atoms with E-state index in [4.69, 9.17) is 0 Å². The van der Waals surface area contributed by atoms with Gasteiger partial charge in [0.25, 0.3) is 0 Å². The molecule has 9 nitrogen and oxygen atoms in total. The minimum atomic E-state index is 0. The van der Waals surface area contributed by atoms with Gasteiger partial charge in [0.05, 0.1) is 26.2 Å². The van der Waals surface area contributed by atoms with Crippen molar-refractivity contribution < 1.29 is 16.9 Å². The standard InChI is InChI=1S/C70H110N9.ClH/c1-11-33-66(34-12-1)61-71-43-21-6-26-48-76-51-31-52-78(50-28-8-23-45-73-63-68-37-15-3-16-38-68)56-60-79(57-29-9-24-46-74-64-69-39-17-4-18-40-69,58-30-10-25-47-75-65-70-41-19-5-20-42-70)59-32-53-77(55-54-76)49-27-7-22-44-72-62-67-35-13-2-14-36-67;/h1-5,11-20,33-42,71-75H,6-10,21-32,43-65H2;1H/q+1;/p-1. The molecule has 0 unspecified atom stereocenters. The van der Waals surface area contributed by atoms with Gasteiger partial charge in [-0.1, -0.05) is 171 Å². The zero-order valence-electron chi connectivity index (χ0n) is 49.9. The summed E-state index contributed by atoms with van der Waals surface area (Å²) in [6, 6.07) is 54.5. The van der Waals surface area contributed by atoms with Crippen LogP contribution in [0.2, 0.25) is 0 Å². The van der Waals surface area contributed by atoms with Crippen LogP contribution in [-0.4, -0.2) is 137 Å². The van der Waals surface area contributed by atoms with Gasteiger partial charge in [0, 0.05) is 65.3 Å². The molecular formula is C70H110ClN9. The fraction of sp³-hybridized carbons (Fsp3) is 0.571. The fourth-order valence-corrected chi connectivity index (χ4v) is 11.6. The number of quaternary nitrogens is 1. The minimum Gasteiger partial charge on any atom is -1.00 e. The summed E-state index contributed by atoms with van der Waals surface area (Å²) in [5, 5.41) is 18.7. The molecule has 0 bridgehead atoms. The molecule has 0 aromatic heterocycles. The van der Waals surface area contributed by atoms with E-state index in [9.17, 15) is 0 Å². The second-order valence-corrected chi connectivity index (χ2v) is 23.1. The zero-order chi connectivity index (χ0) is 54.6. The van der Waals surface area contributed by atoms with Crippen molar-refractivity contribution in [1.29, 1.82) is 0 Å². The first-order valence-corrected chi connectivity index (χ1v) is 32.0. The predicted molar refractivity (Wildman–Crippen MR) is 338 cm³/mol. The molecular weight excluding hydrogens is 1000 g/mol. The van der Waals surface area contributed by atoms with Gasteiger partial charge in [0.2, 0.25) is 0 Å². The van der Waals surface area contributed by atoms with Gasteiger partial charge >= 0.3 is 0 Å². The molecule has 0 saturated carbocycles. The van der Waals surface area contributed by atoms with E-state index in [2.05, 4.69) is 193 Å². The van der Waals surface area contributed by atoms with Crippen LogP contribution in [0.1, 0.15) is 137 Å². The Morgan fingerprint density at radius 1 is 0.275 bits per heavy atom. The van der Waals surface area contributed by atoms with E-state index in [-0.39, 0.29) is 12.4 Å². The predicted octanol–water partition coefficient (Wildman–Crippen LogP) is 9.31. The van der Waals surface area contributed by atoms with E-state index < -0.39 is 0 Å². The second kappa shape index (κ2) is 44.6. The van der Waals surface area contributed by atoms with E-state index in [0.717, 1.165) is 65.4 Å². The molecule has 10 heteroatoms. The quantitative estimate of drug-likeness (QED) is 0.0197. The number of hydrogen-bond donors (Lipinski definition) is 5. The molecule has 1 heterocycles. The summed E-state index contributed by atoms with van der Waals surface area (Å²) in [4.78, 5) is 8.69. The highest BCUT2D eigenvalue weighted by atomic mass is 35.5. The van der Waals surface area contributed by atoms with Crippen molar-refractivity contribution in [1.82, 2.24) is 41.3 Å². The average molecular weight is 1110 g/mol. The van der Waals surface area contributed by atoms with Gasteiger partial charge in [-0.25, -0.2) is 0 Å². The summed E-state index contributed by atoms with van der Waals surface area (Å²) in [5.74, 6) is 0. The van der Waals surface area contributed by atoms with E-state index in [0.29, 0.717) is 0 Å². The summed E-state index contributed by atoms with van der Waals surface area (Å²) >= 11 is 0. The van der Waals surface area contributed by atoms with Crippen molar-refractivity contribution >= 4 is 0 Å². The Kier molecular flexibility index (Phi) is 37.2. The van der Waals surface area contributed by atoms with E-state index in [1.165, 1.54) is 227 Å². The molecule has 1 fully saturated rings. The van der Waals surface area contributed by atoms with Crippen LogP contribution in [0.4, 0.5) is 0 Å². The lowest BCUT2D eigenvalue weighted by Gasteiger charge is -2.41. The molecule has 80 heavy (non-hydrogen) atoms. The summed E-state index contributed by atoms with van der Waals surface area (Å²) < 4.78 is 1.29. The molecule has 0 atom stereocenters. The van der Waals surface area contributed by atoms with Crippen molar-refractivity contribution in [2.75, 3.05) is 118 Å². The smallest absolute Gasteiger partial charge is 0.0915 e. The molecule has 442 valence electrons. The molecule has 0 amide bonds. The Balaban J connectivity index is 0.0000118. The third kappa shape index (κ3) is 31.5. The van der Waals surface area contributed by atoms with Gasteiger partial charge in [-0.3, -0.25) is 4.90 Å². The molecule has 0 aliphatic carbocycles. The van der Waals surface area contributed by atoms with E-state index >= 15 is 0 Å². The number of nitrogens with one attached hydrogen (secondary N) is 5. The lowest BCUT2D eigenvalue weighted by Crippen LogP contribution is -3.00. The first kappa shape index (κ1) is 66.8. The Hall–Kier alpha value is -3.97. The third-order valence-electron chi connectivity index (χ3n) is 16.5. The van der Waals surface area contributed by atoms with Crippen LogP contribution in [0, 0.1) is 0 Å². The summed E-state index contributed by atoms with van der Waals surface area (Å²) in [5.41, 5.74) is 6.90. The summed E-state index contributed by atoms with van der Waals surface area (Å²) in [7, 11) is 0. The van der Waals surface area contributed by atoms with Crippen LogP contribution >= 0.6 is 0 Å². The minimum absolute atomic E-state index is 0. The van der Waals surface area contributed by atoms with Crippen molar-refractivity contribution in [2.24, 2.45) is 0 Å². The van der Waals surface area contributed by atoms with E-state index in [1.807, 2.05) is 0 Å². The number of halogens is 1. The molecule has 1 aliphatic heterocycles. The second-order valence-electron chi connectivity index (χ2n) is 23.1. The van der Waals surface area contributed by atoms with Crippen molar-refractivity contribution in [3.05, 3.63) is 179 Å². The Bertz CT molecular complexity index is 2080. The molecule has 6 rings (SSSR count). The van der Waals surface area contributed by atoms with Crippen LogP contribution in [0.25, 0.3) is 0 Å². The maximum absolute atomic E-state index is 3.76. The van der Waals surface area contributed by atoms with Gasteiger partial charge in [0.1, 0.15) is 0 Å². The van der Waals surface area contributed by atoms with Crippen LogP contribution in [0.5, 0.6) is 0 Å². The molecule has 0 spiro atoms. The topological polar surface area (TPSA) is 69.9 Å². The highest BCUT2D eigenvalue weighted by molar-refractivity contribution is 5.17. The molecule has 5 aromatic rings. The molecule has 0 radical (unpaired) electrons. The molecule has 1 saturated heterocycles. The first-order valence-electron chi connectivity index (χ1n) is 32.0. The van der Waals surface area contributed by atoms with Crippen LogP contribution in [-0.2, 0) is 32.7 Å². The van der Waals surface area contributed by atoms with Gasteiger partial charge in [-0.2, -0.15) is 0 Å². The molecule has 5 aromatic carbocycles. The summed E-state index contributed by atoms with van der Waals surface area (Å²) in [6.07, 6.45) is 21.8. The largest absolute Gasteiger partial charge is 1.00 e. The number of rotatable bonds is 40. The van der Waals surface area contributed by atoms with Crippen LogP contribution in [0.15, 0.2) is 152 Å². The lowest BCUT2D eigenvalue weighted by molar-refractivity contribution is -0.928. The number of nitrogens with zero attached hydrogens (tertiary/aromatic N) is 4. The van der Waals surface area contributed by atoms with Crippen molar-refractivity contribution in [2.45, 2.75) is 142 Å². The maximum atomic E-state index is 3.76. The number of benzene rings is 5. The van der Waals surface area contributed by atoms with Gasteiger partial charge in [0.15, 0.2) is 0 Å². The first-order chi connectivity index (χ1) is 39.2. The van der Waals surface area contributed by atoms with Crippen molar-refractivity contribution in [3.63, 3.8) is 0 Å². The van der Waals surface area contributed by atoms with Crippen molar-refractivity contribution in [3.8, 4) is 0 Å². The van der Waals surface area contributed by atoms with Gasteiger partial charge in [-0.15, -0.1) is 0 Å². The highest BCUT2D eigenvalue weighted by Gasteiger charge is 2.28. The number of unbranched alkanes of at least 4 members (excludes halogenated alkanes) is 10. The van der Waals surface area contributed by atoms with E-state index in [1.54, 1.807) is 0 Å². The maximum Gasteiger partial charge on any atom is 0.0915 e. The average Bonchev–Trinajstić information content (AvgIpc) is 3.49. The normalized spacial score (nSPS) is 15.1. The third-order valence-corrected chi connectivity index (χ3v) is 16.5. The van der Waals surface area contributed by atoms with Crippen LogP contribution in [0.3, 0.4) is 0 Å². The number of hydrogen-bond acceptors (Lipinski definition) is 8. The van der Waals surface area contributed by atoms with Crippen LogP contribution < -0.4 is 39.0 Å². The SMILES string of the molecule is [Cl-].c1ccc(CNCCCCCN2CCCN(CCCCCNCc3ccccc3)CC[N+](CCCCCNCc3ccccc3)(CCCCCNCc3ccccc3)CCCN(CCCCCNCc3ccccc3)CC2)cc1. The molecule has 1 aliphatic rings. The Morgan fingerprint density at radius 3 is 0.863 bits per heavy atom. The monoisotopic (exact) mass is 1110 g/mol. The lowest BCUT2D eigenvalue weighted by atomic mass is 10.1. The zero-order valence-corrected chi connectivity index (χ0v) is 50.6. The Labute approximate surface area is 494 Å².